The summed E-state index contributed by atoms with van der Waals surface area (Å²) in [5.74, 6) is 1.77. The summed E-state index contributed by atoms with van der Waals surface area (Å²) in [4.78, 5) is 26.8. The molecule has 0 bridgehead atoms. The maximum Gasteiger partial charge on any atom is 0.227 e. The highest BCUT2D eigenvalue weighted by atomic mass is 16.2. The molecule has 1 aliphatic rings. The van der Waals surface area contributed by atoms with E-state index in [-0.39, 0.29) is 5.91 Å². The molecule has 1 amide bonds. The molecule has 1 aromatic rings. The van der Waals surface area contributed by atoms with E-state index in [2.05, 4.69) is 39.2 Å². The van der Waals surface area contributed by atoms with Gasteiger partial charge in [0.2, 0.25) is 11.9 Å². The molecule has 0 aliphatic carbocycles. The number of nitrogens with zero attached hydrogens (tertiary/aromatic N) is 5. The average molecular weight is 320 g/mol. The fourth-order valence-electron chi connectivity index (χ4n) is 2.62. The van der Waals surface area contributed by atoms with Gasteiger partial charge in [0.15, 0.2) is 0 Å². The molecule has 0 radical (unpaired) electrons. The van der Waals surface area contributed by atoms with Crippen LogP contribution in [-0.4, -0.2) is 79.0 Å². The first kappa shape index (κ1) is 17.5. The summed E-state index contributed by atoms with van der Waals surface area (Å²) in [6.07, 6.45) is 1.07. The SMILES string of the molecule is CC(=O)N1CCN(c2nc(C)cc(NCCCN(C)C)n2)CC1. The van der Waals surface area contributed by atoms with Crippen molar-refractivity contribution < 1.29 is 4.79 Å². The second-order valence-electron chi connectivity index (χ2n) is 6.27. The fraction of sp³-hybridized carbons (Fsp3) is 0.688. The van der Waals surface area contributed by atoms with Crippen LogP contribution in [0.2, 0.25) is 0 Å². The molecule has 1 aromatic heterocycles. The van der Waals surface area contributed by atoms with Crippen LogP contribution in [0, 0.1) is 6.92 Å². The third-order valence-electron chi connectivity index (χ3n) is 3.94. The van der Waals surface area contributed by atoms with Crippen LogP contribution in [0.1, 0.15) is 19.0 Å². The predicted octanol–water partition coefficient (Wildman–Crippen LogP) is 0.817. The van der Waals surface area contributed by atoms with Crippen LogP contribution in [-0.2, 0) is 4.79 Å². The van der Waals surface area contributed by atoms with Gasteiger partial charge in [-0.25, -0.2) is 4.98 Å². The van der Waals surface area contributed by atoms with Gasteiger partial charge in [-0.3, -0.25) is 4.79 Å². The molecular formula is C16H28N6O. The van der Waals surface area contributed by atoms with Gasteiger partial charge in [0, 0.05) is 51.4 Å². The number of carbonyl (C=O) groups excluding carboxylic acids is 1. The van der Waals surface area contributed by atoms with Crippen molar-refractivity contribution in [2.45, 2.75) is 20.3 Å². The second-order valence-corrected chi connectivity index (χ2v) is 6.27. The quantitative estimate of drug-likeness (QED) is 0.783. The van der Waals surface area contributed by atoms with Crippen molar-refractivity contribution in [1.82, 2.24) is 19.8 Å². The smallest absolute Gasteiger partial charge is 0.227 e. The third kappa shape index (κ3) is 5.35. The number of anilines is 2. The highest BCUT2D eigenvalue weighted by Gasteiger charge is 2.20. The van der Waals surface area contributed by atoms with Crippen LogP contribution in [0.3, 0.4) is 0 Å². The van der Waals surface area contributed by atoms with Crippen LogP contribution in [0.15, 0.2) is 6.07 Å². The highest BCUT2D eigenvalue weighted by Crippen LogP contribution is 2.15. The number of carbonyl (C=O) groups is 1. The molecule has 1 fully saturated rings. The zero-order valence-corrected chi connectivity index (χ0v) is 14.7. The Morgan fingerprint density at radius 3 is 2.57 bits per heavy atom. The minimum absolute atomic E-state index is 0.137. The van der Waals surface area contributed by atoms with E-state index < -0.39 is 0 Å². The summed E-state index contributed by atoms with van der Waals surface area (Å²) in [6.45, 7) is 8.59. The number of amides is 1. The van der Waals surface area contributed by atoms with Gasteiger partial charge in [-0.05, 0) is 34.0 Å². The van der Waals surface area contributed by atoms with Crippen molar-refractivity contribution in [2.24, 2.45) is 0 Å². The van der Waals surface area contributed by atoms with E-state index >= 15 is 0 Å². The maximum absolute atomic E-state index is 11.4. The highest BCUT2D eigenvalue weighted by molar-refractivity contribution is 5.73. The summed E-state index contributed by atoms with van der Waals surface area (Å²) in [5.41, 5.74) is 0.958. The minimum Gasteiger partial charge on any atom is -0.370 e. The largest absolute Gasteiger partial charge is 0.370 e. The van der Waals surface area contributed by atoms with Crippen molar-refractivity contribution in [2.75, 3.05) is 63.6 Å². The monoisotopic (exact) mass is 320 g/mol. The van der Waals surface area contributed by atoms with Gasteiger partial charge in [0.25, 0.3) is 0 Å². The van der Waals surface area contributed by atoms with Crippen molar-refractivity contribution >= 4 is 17.7 Å². The predicted molar refractivity (Wildman–Crippen MR) is 92.9 cm³/mol. The molecule has 23 heavy (non-hydrogen) atoms. The molecule has 2 heterocycles. The van der Waals surface area contributed by atoms with Crippen molar-refractivity contribution in [3.05, 3.63) is 11.8 Å². The van der Waals surface area contributed by atoms with Crippen molar-refractivity contribution in [3.8, 4) is 0 Å². The van der Waals surface area contributed by atoms with E-state index in [1.54, 1.807) is 6.92 Å². The molecule has 128 valence electrons. The molecule has 7 nitrogen and oxygen atoms in total. The lowest BCUT2D eigenvalue weighted by Crippen LogP contribution is -2.48. The molecule has 0 saturated carbocycles. The van der Waals surface area contributed by atoms with Gasteiger partial charge in [-0.2, -0.15) is 4.98 Å². The van der Waals surface area contributed by atoms with Crippen LogP contribution in [0.4, 0.5) is 11.8 Å². The Kier molecular flexibility index (Phi) is 6.15. The minimum atomic E-state index is 0.137. The van der Waals surface area contributed by atoms with E-state index in [0.717, 1.165) is 63.1 Å². The molecule has 0 unspecified atom stereocenters. The Morgan fingerprint density at radius 2 is 1.96 bits per heavy atom. The van der Waals surface area contributed by atoms with Crippen LogP contribution < -0.4 is 10.2 Å². The summed E-state index contributed by atoms with van der Waals surface area (Å²) in [6, 6.07) is 1.98. The Morgan fingerprint density at radius 1 is 1.26 bits per heavy atom. The Balaban J connectivity index is 1.93. The first-order chi connectivity index (χ1) is 11.0. The topological polar surface area (TPSA) is 64.6 Å². The zero-order valence-electron chi connectivity index (χ0n) is 14.7. The third-order valence-corrected chi connectivity index (χ3v) is 3.94. The maximum atomic E-state index is 11.4. The molecule has 1 saturated heterocycles. The summed E-state index contributed by atoms with van der Waals surface area (Å²) in [7, 11) is 4.15. The first-order valence-corrected chi connectivity index (χ1v) is 8.20. The van der Waals surface area contributed by atoms with Crippen molar-refractivity contribution in [3.63, 3.8) is 0 Å². The van der Waals surface area contributed by atoms with Crippen LogP contribution in [0.25, 0.3) is 0 Å². The fourth-order valence-corrected chi connectivity index (χ4v) is 2.62. The zero-order chi connectivity index (χ0) is 16.8. The van der Waals surface area contributed by atoms with E-state index in [0.29, 0.717) is 0 Å². The molecule has 1 aliphatic heterocycles. The molecule has 7 heteroatoms. The molecule has 1 N–H and O–H groups in total. The lowest BCUT2D eigenvalue weighted by Gasteiger charge is -2.34. The van der Waals surface area contributed by atoms with Gasteiger partial charge in [-0.1, -0.05) is 0 Å². The standard InChI is InChI=1S/C16H28N6O/c1-13-12-15(17-6-5-7-20(3)4)19-16(18-13)22-10-8-21(9-11-22)14(2)23/h12H,5-11H2,1-4H3,(H,17,18,19). The molecule has 2 rings (SSSR count). The average Bonchev–Trinajstić information content (AvgIpc) is 2.51. The van der Waals surface area contributed by atoms with Crippen molar-refractivity contribution in [1.29, 1.82) is 0 Å². The Hall–Kier alpha value is -1.89. The van der Waals surface area contributed by atoms with Gasteiger partial charge < -0.3 is 20.0 Å². The summed E-state index contributed by atoms with van der Waals surface area (Å²) in [5, 5.41) is 3.38. The molecule has 0 atom stereocenters. The summed E-state index contributed by atoms with van der Waals surface area (Å²) >= 11 is 0. The molecule has 0 aromatic carbocycles. The van der Waals surface area contributed by atoms with Gasteiger partial charge in [-0.15, -0.1) is 0 Å². The van der Waals surface area contributed by atoms with E-state index in [9.17, 15) is 4.79 Å². The van der Waals surface area contributed by atoms with E-state index in [1.807, 2.05) is 17.9 Å². The van der Waals surface area contributed by atoms with Gasteiger partial charge in [0.1, 0.15) is 5.82 Å². The summed E-state index contributed by atoms with van der Waals surface area (Å²) < 4.78 is 0. The molecule has 0 spiro atoms. The first-order valence-electron chi connectivity index (χ1n) is 8.20. The number of aryl methyl sites for hydroxylation is 1. The van der Waals surface area contributed by atoms with Gasteiger partial charge in [0.05, 0.1) is 0 Å². The number of nitrogens with one attached hydrogen (secondary N) is 1. The Labute approximate surface area is 138 Å². The second kappa shape index (κ2) is 8.10. The number of piperazine rings is 1. The van der Waals surface area contributed by atoms with E-state index in [4.69, 9.17) is 0 Å². The number of hydrogen-bond acceptors (Lipinski definition) is 6. The lowest BCUT2D eigenvalue weighted by atomic mass is 10.3. The number of aromatic nitrogens is 2. The van der Waals surface area contributed by atoms with Crippen LogP contribution in [0.5, 0.6) is 0 Å². The number of rotatable bonds is 6. The molecular weight excluding hydrogens is 292 g/mol. The lowest BCUT2D eigenvalue weighted by molar-refractivity contribution is -0.129. The Bertz CT molecular complexity index is 525. The van der Waals surface area contributed by atoms with Gasteiger partial charge >= 0.3 is 0 Å². The van der Waals surface area contributed by atoms with E-state index in [1.165, 1.54) is 0 Å². The number of hydrogen-bond donors (Lipinski definition) is 1. The van der Waals surface area contributed by atoms with Crippen LogP contribution >= 0.6 is 0 Å². The normalized spacial score (nSPS) is 15.2.